The number of ketones is 1. The molecule has 4 heteroatoms. The predicted octanol–water partition coefficient (Wildman–Crippen LogP) is 1.94. The van der Waals surface area contributed by atoms with Crippen molar-refractivity contribution in [3.05, 3.63) is 34.9 Å². The van der Waals surface area contributed by atoms with Crippen molar-refractivity contribution in [1.29, 1.82) is 0 Å². The minimum absolute atomic E-state index is 0.207. The number of rotatable bonds is 4. The smallest absolute Gasteiger partial charge is 0.164 e. The van der Waals surface area contributed by atoms with Gasteiger partial charge in [0.1, 0.15) is 0 Å². The fourth-order valence-electron chi connectivity index (χ4n) is 2.44. The van der Waals surface area contributed by atoms with Gasteiger partial charge in [0.2, 0.25) is 0 Å². The average Bonchev–Trinajstić information content (AvgIpc) is 2.36. The number of hydrogen-bond acceptors (Lipinski definition) is 3. The molecule has 0 atom stereocenters. The number of benzene rings is 1. The van der Waals surface area contributed by atoms with Crippen LogP contribution in [-0.2, 0) is 10.8 Å². The van der Waals surface area contributed by atoms with Crippen LogP contribution in [0.1, 0.15) is 27.9 Å². The second-order valence-corrected chi connectivity index (χ2v) is 6.94. The number of hydrogen-bond donors (Lipinski definition) is 0. The number of carbonyl (C=O) groups is 1. The lowest BCUT2D eigenvalue weighted by molar-refractivity contribution is 0.0966. The molecule has 0 unspecified atom stereocenters. The van der Waals surface area contributed by atoms with Crippen LogP contribution in [0.25, 0.3) is 0 Å². The molecule has 1 aliphatic heterocycles. The van der Waals surface area contributed by atoms with Gasteiger partial charge in [-0.2, -0.15) is 0 Å². The highest BCUT2D eigenvalue weighted by molar-refractivity contribution is 7.85. The quantitative estimate of drug-likeness (QED) is 0.791. The monoisotopic (exact) mass is 279 g/mol. The Morgan fingerprint density at radius 1 is 1.16 bits per heavy atom. The van der Waals surface area contributed by atoms with E-state index in [9.17, 15) is 9.00 Å². The summed E-state index contributed by atoms with van der Waals surface area (Å²) in [6, 6.07) is 6.00. The Hall–Kier alpha value is -1.00. The summed E-state index contributed by atoms with van der Waals surface area (Å²) in [5.74, 6) is 1.70. The van der Waals surface area contributed by atoms with Crippen molar-refractivity contribution in [3.63, 3.8) is 0 Å². The molecule has 0 aromatic heterocycles. The third-order valence-electron chi connectivity index (χ3n) is 3.47. The Bertz CT molecular complexity index is 469. The molecule has 0 radical (unpaired) electrons. The van der Waals surface area contributed by atoms with Gasteiger partial charge >= 0.3 is 0 Å². The van der Waals surface area contributed by atoms with E-state index in [1.165, 1.54) is 0 Å². The van der Waals surface area contributed by atoms with Gasteiger partial charge in [0.05, 0.1) is 0 Å². The summed E-state index contributed by atoms with van der Waals surface area (Å²) in [5.41, 5.74) is 3.09. The molecule has 0 bridgehead atoms. The zero-order valence-electron chi connectivity index (χ0n) is 11.6. The first-order valence-electron chi connectivity index (χ1n) is 6.73. The molecule has 19 heavy (non-hydrogen) atoms. The van der Waals surface area contributed by atoms with E-state index < -0.39 is 10.8 Å². The fraction of sp³-hybridized carbons (Fsp3) is 0.533. The largest absolute Gasteiger partial charge is 0.301 e. The fourth-order valence-corrected chi connectivity index (χ4v) is 3.57. The number of Topliss-reactive ketones (excluding diaryl/α,β-unsaturated/α-hetero) is 1. The van der Waals surface area contributed by atoms with Crippen molar-refractivity contribution in [2.45, 2.75) is 20.3 Å². The van der Waals surface area contributed by atoms with E-state index in [0.29, 0.717) is 6.42 Å². The molecule has 0 N–H and O–H groups in total. The Labute approximate surface area is 117 Å². The second-order valence-electron chi connectivity index (χ2n) is 5.24. The molecule has 1 aromatic carbocycles. The van der Waals surface area contributed by atoms with E-state index in [1.807, 2.05) is 26.0 Å². The van der Waals surface area contributed by atoms with Crippen LogP contribution in [0, 0.1) is 13.8 Å². The van der Waals surface area contributed by atoms with Gasteiger partial charge in [-0.1, -0.05) is 17.2 Å². The number of nitrogens with zero attached hydrogens (tertiary/aromatic N) is 1. The maximum atomic E-state index is 12.2. The van der Waals surface area contributed by atoms with Gasteiger partial charge in [-0.05, 0) is 26.0 Å². The summed E-state index contributed by atoms with van der Waals surface area (Å²) in [4.78, 5) is 14.4. The van der Waals surface area contributed by atoms with Gasteiger partial charge in [0.15, 0.2) is 5.78 Å². The molecule has 1 fully saturated rings. The summed E-state index contributed by atoms with van der Waals surface area (Å²) in [6.45, 7) is 6.52. The van der Waals surface area contributed by atoms with Crippen molar-refractivity contribution < 1.29 is 9.00 Å². The molecular weight excluding hydrogens is 258 g/mol. The van der Waals surface area contributed by atoms with Gasteiger partial charge in [0, 0.05) is 53.9 Å². The van der Waals surface area contributed by atoms with Crippen LogP contribution < -0.4 is 0 Å². The highest BCUT2D eigenvalue weighted by Gasteiger charge is 2.16. The van der Waals surface area contributed by atoms with Crippen LogP contribution in [0.3, 0.4) is 0 Å². The van der Waals surface area contributed by atoms with Gasteiger partial charge in [-0.3, -0.25) is 9.00 Å². The standard InChI is InChI=1S/C15H21NO2S/c1-12-9-13(2)11-14(10-12)15(17)3-4-16-5-7-19(18)8-6-16/h9-11H,3-8H2,1-2H3. The third kappa shape index (κ3) is 4.25. The van der Waals surface area contributed by atoms with Crippen molar-refractivity contribution in [2.24, 2.45) is 0 Å². The summed E-state index contributed by atoms with van der Waals surface area (Å²) in [7, 11) is -0.644. The maximum absolute atomic E-state index is 12.2. The zero-order chi connectivity index (χ0) is 13.8. The Morgan fingerprint density at radius 2 is 1.74 bits per heavy atom. The molecule has 1 aliphatic rings. The van der Waals surface area contributed by atoms with E-state index in [1.54, 1.807) is 0 Å². The third-order valence-corrected chi connectivity index (χ3v) is 4.74. The highest BCUT2D eigenvalue weighted by atomic mass is 32.2. The first-order valence-corrected chi connectivity index (χ1v) is 8.22. The summed E-state index contributed by atoms with van der Waals surface area (Å²) >= 11 is 0. The van der Waals surface area contributed by atoms with Crippen LogP contribution in [-0.4, -0.2) is 46.0 Å². The molecule has 0 saturated carbocycles. The van der Waals surface area contributed by atoms with E-state index >= 15 is 0 Å². The predicted molar refractivity (Wildman–Crippen MR) is 79.2 cm³/mol. The van der Waals surface area contributed by atoms with Gasteiger partial charge in [-0.25, -0.2) is 0 Å². The van der Waals surface area contributed by atoms with Gasteiger partial charge in [-0.15, -0.1) is 0 Å². The lowest BCUT2D eigenvalue weighted by atomic mass is 10.0. The molecule has 3 nitrogen and oxygen atoms in total. The van der Waals surface area contributed by atoms with Crippen molar-refractivity contribution in [2.75, 3.05) is 31.1 Å². The normalized spacial score (nSPS) is 17.6. The first-order chi connectivity index (χ1) is 9.04. The Kier molecular flexibility index (Phi) is 4.88. The van der Waals surface area contributed by atoms with E-state index in [2.05, 4.69) is 11.0 Å². The lowest BCUT2D eigenvalue weighted by Gasteiger charge is -2.25. The van der Waals surface area contributed by atoms with Crippen molar-refractivity contribution >= 4 is 16.6 Å². The topological polar surface area (TPSA) is 37.4 Å². The first kappa shape index (κ1) is 14.4. The SMILES string of the molecule is Cc1cc(C)cc(C(=O)CCN2CCS(=O)CC2)c1. The molecule has 2 rings (SSSR count). The molecular formula is C15H21NO2S. The lowest BCUT2D eigenvalue weighted by Crippen LogP contribution is -2.38. The van der Waals surface area contributed by atoms with Crippen molar-refractivity contribution in [3.8, 4) is 0 Å². The summed E-state index contributed by atoms with van der Waals surface area (Å²) in [6.07, 6.45) is 0.551. The van der Waals surface area contributed by atoms with E-state index in [0.717, 1.165) is 47.8 Å². The van der Waals surface area contributed by atoms with Crippen LogP contribution in [0.5, 0.6) is 0 Å². The van der Waals surface area contributed by atoms with Crippen LogP contribution in [0.2, 0.25) is 0 Å². The van der Waals surface area contributed by atoms with Crippen LogP contribution in [0.4, 0.5) is 0 Å². The molecule has 1 saturated heterocycles. The van der Waals surface area contributed by atoms with E-state index in [4.69, 9.17) is 0 Å². The van der Waals surface area contributed by atoms with Crippen molar-refractivity contribution in [1.82, 2.24) is 4.90 Å². The molecule has 0 aliphatic carbocycles. The molecule has 0 spiro atoms. The highest BCUT2D eigenvalue weighted by Crippen LogP contribution is 2.12. The minimum Gasteiger partial charge on any atom is -0.301 e. The maximum Gasteiger partial charge on any atom is 0.164 e. The Morgan fingerprint density at radius 3 is 2.32 bits per heavy atom. The summed E-state index contributed by atoms with van der Waals surface area (Å²) in [5, 5.41) is 0. The minimum atomic E-state index is -0.644. The van der Waals surface area contributed by atoms with Crippen LogP contribution >= 0.6 is 0 Å². The van der Waals surface area contributed by atoms with Crippen LogP contribution in [0.15, 0.2) is 18.2 Å². The Balaban J connectivity index is 1.89. The zero-order valence-corrected chi connectivity index (χ0v) is 12.5. The second kappa shape index (κ2) is 6.44. The van der Waals surface area contributed by atoms with E-state index in [-0.39, 0.29) is 5.78 Å². The molecule has 104 valence electrons. The summed E-state index contributed by atoms with van der Waals surface area (Å²) < 4.78 is 11.3. The number of carbonyl (C=O) groups excluding carboxylic acids is 1. The molecule has 1 heterocycles. The van der Waals surface area contributed by atoms with Gasteiger partial charge in [0.25, 0.3) is 0 Å². The number of aryl methyl sites for hydroxylation is 2. The molecule has 0 amide bonds. The average molecular weight is 279 g/mol. The molecule has 1 aromatic rings. The van der Waals surface area contributed by atoms with Gasteiger partial charge < -0.3 is 4.90 Å².